The molecule has 2 amide bonds. The van der Waals surface area contributed by atoms with Gasteiger partial charge in [0, 0.05) is 26.2 Å². The van der Waals surface area contributed by atoms with Gasteiger partial charge in [-0.2, -0.15) is 0 Å². The largest absolute Gasteiger partial charge is 0.372 e. The fourth-order valence-electron chi connectivity index (χ4n) is 2.61. The second-order valence-corrected chi connectivity index (χ2v) is 7.87. The maximum Gasteiger partial charge on any atom is 0.317 e. The van der Waals surface area contributed by atoms with E-state index in [0.717, 1.165) is 5.56 Å². The molecule has 1 saturated heterocycles. The van der Waals surface area contributed by atoms with E-state index < -0.39 is 10.0 Å². The van der Waals surface area contributed by atoms with Crippen molar-refractivity contribution < 1.29 is 17.9 Å². The van der Waals surface area contributed by atoms with Gasteiger partial charge in [-0.25, -0.2) is 17.9 Å². The van der Waals surface area contributed by atoms with Gasteiger partial charge < -0.3 is 15.0 Å². The van der Waals surface area contributed by atoms with E-state index in [1.54, 1.807) is 29.2 Å². The average molecular weight is 355 g/mol. The fourth-order valence-corrected chi connectivity index (χ4v) is 3.64. The van der Waals surface area contributed by atoms with Gasteiger partial charge in [0.25, 0.3) is 0 Å². The second kappa shape index (κ2) is 7.96. The Bertz CT molecular complexity index is 650. The molecule has 1 aliphatic heterocycles. The summed E-state index contributed by atoms with van der Waals surface area (Å²) < 4.78 is 32.3. The predicted octanol–water partition coefficient (Wildman–Crippen LogP) is 1.09. The van der Waals surface area contributed by atoms with Gasteiger partial charge in [-0.3, -0.25) is 0 Å². The van der Waals surface area contributed by atoms with Gasteiger partial charge in [-0.05, 0) is 32.9 Å². The summed E-state index contributed by atoms with van der Waals surface area (Å²) in [7, 11) is -3.55. The number of amides is 2. The zero-order valence-corrected chi connectivity index (χ0v) is 15.1. The van der Waals surface area contributed by atoms with E-state index >= 15 is 0 Å². The quantitative estimate of drug-likeness (QED) is 0.774. The molecule has 24 heavy (non-hydrogen) atoms. The minimum atomic E-state index is -3.55. The highest BCUT2D eigenvalue weighted by molar-refractivity contribution is 7.89. The van der Waals surface area contributed by atoms with Crippen LogP contribution in [0.5, 0.6) is 0 Å². The van der Waals surface area contributed by atoms with Crippen molar-refractivity contribution in [2.75, 3.05) is 26.2 Å². The lowest BCUT2D eigenvalue weighted by molar-refractivity contribution is -0.0544. The summed E-state index contributed by atoms with van der Waals surface area (Å²) in [5, 5.41) is 2.73. The topological polar surface area (TPSA) is 87.7 Å². The van der Waals surface area contributed by atoms with Crippen molar-refractivity contribution in [1.82, 2.24) is 14.9 Å². The molecule has 1 aromatic rings. The number of hydrogen-bond donors (Lipinski definition) is 2. The molecule has 134 valence electrons. The summed E-state index contributed by atoms with van der Waals surface area (Å²) in [5.41, 5.74) is 0.996. The molecule has 0 bridgehead atoms. The Morgan fingerprint density at radius 3 is 2.33 bits per heavy atom. The molecule has 8 heteroatoms. The van der Waals surface area contributed by atoms with Gasteiger partial charge in [0.2, 0.25) is 10.0 Å². The molecule has 1 aliphatic rings. The fraction of sp³-hybridized carbons (Fsp3) is 0.562. The highest BCUT2D eigenvalue weighted by Crippen LogP contribution is 2.11. The van der Waals surface area contributed by atoms with E-state index in [0.29, 0.717) is 13.1 Å². The van der Waals surface area contributed by atoms with E-state index in [2.05, 4.69) is 10.0 Å². The molecular weight excluding hydrogens is 330 g/mol. The Labute approximate surface area is 143 Å². The van der Waals surface area contributed by atoms with Crippen LogP contribution in [0.2, 0.25) is 0 Å². The van der Waals surface area contributed by atoms with Crippen LogP contribution in [0.4, 0.5) is 4.79 Å². The molecule has 0 unspecified atom stereocenters. The standard InChI is InChI=1S/C16H25N3O4S/c1-12-4-6-15(7-5-12)24(21,22)18-9-8-17-16(20)19-10-13(2)23-14(3)11-19/h4-7,13-14,18H,8-11H2,1-3H3,(H,17,20)/t13-,14-/m0/s1. The summed E-state index contributed by atoms with van der Waals surface area (Å²) >= 11 is 0. The van der Waals surface area contributed by atoms with E-state index in [4.69, 9.17) is 4.74 Å². The first kappa shape index (κ1) is 18.7. The molecular formula is C16H25N3O4S. The SMILES string of the molecule is Cc1ccc(S(=O)(=O)NCCNC(=O)N2C[C@H](C)O[C@@H](C)C2)cc1. The van der Waals surface area contributed by atoms with Crippen LogP contribution < -0.4 is 10.0 Å². The van der Waals surface area contributed by atoms with Gasteiger partial charge in [0.05, 0.1) is 17.1 Å². The van der Waals surface area contributed by atoms with Crippen LogP contribution in [-0.4, -0.2) is 57.7 Å². The molecule has 0 saturated carbocycles. The molecule has 1 aromatic carbocycles. The number of rotatable bonds is 5. The zero-order valence-electron chi connectivity index (χ0n) is 14.3. The van der Waals surface area contributed by atoms with Gasteiger partial charge >= 0.3 is 6.03 Å². The number of sulfonamides is 1. The highest BCUT2D eigenvalue weighted by Gasteiger charge is 2.25. The Balaban J connectivity index is 1.77. The summed E-state index contributed by atoms with van der Waals surface area (Å²) in [6, 6.07) is 6.42. The minimum Gasteiger partial charge on any atom is -0.372 e. The van der Waals surface area contributed by atoms with Crippen LogP contribution >= 0.6 is 0 Å². The van der Waals surface area contributed by atoms with Crippen LogP contribution in [-0.2, 0) is 14.8 Å². The van der Waals surface area contributed by atoms with E-state index in [9.17, 15) is 13.2 Å². The Hall–Kier alpha value is -1.64. The smallest absolute Gasteiger partial charge is 0.317 e. The van der Waals surface area contributed by atoms with Crippen LogP contribution in [0.3, 0.4) is 0 Å². The lowest BCUT2D eigenvalue weighted by Gasteiger charge is -2.35. The molecule has 1 fully saturated rings. The third kappa shape index (κ3) is 5.19. The van der Waals surface area contributed by atoms with Crippen molar-refractivity contribution in [3.63, 3.8) is 0 Å². The maximum atomic E-state index is 12.1. The first-order valence-electron chi connectivity index (χ1n) is 8.02. The molecule has 0 aromatic heterocycles. The number of morpholine rings is 1. The number of urea groups is 1. The first-order chi connectivity index (χ1) is 11.3. The molecule has 7 nitrogen and oxygen atoms in total. The van der Waals surface area contributed by atoms with Crippen LogP contribution in [0.1, 0.15) is 19.4 Å². The van der Waals surface area contributed by atoms with Crippen LogP contribution in [0.25, 0.3) is 0 Å². The number of ether oxygens (including phenoxy) is 1. The Kier molecular flexibility index (Phi) is 6.20. The van der Waals surface area contributed by atoms with Crippen molar-refractivity contribution in [2.45, 2.75) is 37.9 Å². The monoisotopic (exact) mass is 355 g/mol. The molecule has 2 rings (SSSR count). The van der Waals surface area contributed by atoms with E-state index in [1.807, 2.05) is 20.8 Å². The molecule has 1 heterocycles. The molecule has 0 aliphatic carbocycles. The highest BCUT2D eigenvalue weighted by atomic mass is 32.2. The van der Waals surface area contributed by atoms with E-state index in [1.165, 1.54) is 0 Å². The van der Waals surface area contributed by atoms with Crippen LogP contribution in [0, 0.1) is 6.92 Å². The molecule has 2 N–H and O–H groups in total. The minimum absolute atomic E-state index is 0.000426. The van der Waals surface area contributed by atoms with Gasteiger partial charge in [-0.1, -0.05) is 17.7 Å². The summed E-state index contributed by atoms with van der Waals surface area (Å²) in [6.45, 7) is 7.17. The van der Waals surface area contributed by atoms with Crippen molar-refractivity contribution in [2.24, 2.45) is 0 Å². The summed E-state index contributed by atoms with van der Waals surface area (Å²) in [6.07, 6.45) is -0.000852. The normalized spacial score (nSPS) is 21.5. The predicted molar refractivity (Wildman–Crippen MR) is 91.3 cm³/mol. The Morgan fingerprint density at radius 2 is 1.75 bits per heavy atom. The lowest BCUT2D eigenvalue weighted by atomic mass is 10.2. The van der Waals surface area contributed by atoms with Crippen molar-refractivity contribution in [3.8, 4) is 0 Å². The molecule has 0 radical (unpaired) electrons. The van der Waals surface area contributed by atoms with Crippen molar-refractivity contribution >= 4 is 16.1 Å². The first-order valence-corrected chi connectivity index (χ1v) is 9.51. The third-order valence-corrected chi connectivity index (χ3v) is 5.21. The zero-order chi connectivity index (χ0) is 17.7. The van der Waals surface area contributed by atoms with Crippen molar-refractivity contribution in [3.05, 3.63) is 29.8 Å². The van der Waals surface area contributed by atoms with Gasteiger partial charge in [0.15, 0.2) is 0 Å². The number of nitrogens with one attached hydrogen (secondary N) is 2. The average Bonchev–Trinajstić information content (AvgIpc) is 2.51. The van der Waals surface area contributed by atoms with Gasteiger partial charge in [-0.15, -0.1) is 0 Å². The lowest BCUT2D eigenvalue weighted by Crippen LogP contribution is -2.52. The third-order valence-electron chi connectivity index (χ3n) is 3.73. The maximum absolute atomic E-state index is 12.1. The number of carbonyl (C=O) groups excluding carboxylic acids is 1. The van der Waals surface area contributed by atoms with Gasteiger partial charge in [0.1, 0.15) is 0 Å². The summed E-state index contributed by atoms with van der Waals surface area (Å²) in [5.74, 6) is 0. The number of hydrogen-bond acceptors (Lipinski definition) is 4. The summed E-state index contributed by atoms with van der Waals surface area (Å²) in [4.78, 5) is 14.0. The number of nitrogens with zero attached hydrogens (tertiary/aromatic N) is 1. The Morgan fingerprint density at radius 1 is 1.17 bits per heavy atom. The second-order valence-electron chi connectivity index (χ2n) is 6.11. The number of carbonyl (C=O) groups is 1. The number of aryl methyl sites for hydroxylation is 1. The van der Waals surface area contributed by atoms with Crippen molar-refractivity contribution in [1.29, 1.82) is 0 Å². The van der Waals surface area contributed by atoms with E-state index in [-0.39, 0.29) is 36.2 Å². The molecule has 2 atom stereocenters. The molecule has 0 spiro atoms. The van der Waals surface area contributed by atoms with Crippen LogP contribution in [0.15, 0.2) is 29.2 Å². The number of benzene rings is 1.